The van der Waals surface area contributed by atoms with Crippen LogP contribution in [0.4, 0.5) is 0 Å². The van der Waals surface area contributed by atoms with Gasteiger partial charge in [0.1, 0.15) is 0 Å². The van der Waals surface area contributed by atoms with Crippen LogP contribution in [-0.4, -0.2) is 15.7 Å². The van der Waals surface area contributed by atoms with E-state index in [2.05, 4.69) is 0 Å². The number of rotatable bonds is 2. The Morgan fingerprint density at radius 2 is 1.94 bits per heavy atom. The molecule has 1 fully saturated rings. The first kappa shape index (κ1) is 11.3. The van der Waals surface area contributed by atoms with E-state index in [0.29, 0.717) is 11.3 Å². The molecule has 1 aliphatic heterocycles. The molecule has 1 unspecified atom stereocenters. The Bertz CT molecular complexity index is 435. The summed E-state index contributed by atoms with van der Waals surface area (Å²) in [4.78, 5) is 12.7. The van der Waals surface area contributed by atoms with Crippen LogP contribution in [0.1, 0.15) is 29.6 Å². The van der Waals surface area contributed by atoms with Gasteiger partial charge in [0.2, 0.25) is 0 Å². The van der Waals surface area contributed by atoms with Crippen LogP contribution >= 0.6 is 0 Å². The van der Waals surface area contributed by atoms with Crippen molar-refractivity contribution in [1.29, 1.82) is 0 Å². The zero-order valence-electron chi connectivity index (χ0n) is 9.02. The monoisotopic (exact) mass is 234 g/mol. The summed E-state index contributed by atoms with van der Waals surface area (Å²) in [7, 11) is -0.932. The molecule has 1 heterocycles. The van der Waals surface area contributed by atoms with Crippen molar-refractivity contribution in [2.24, 2.45) is 0 Å². The van der Waals surface area contributed by atoms with Crippen LogP contribution in [0.3, 0.4) is 0 Å². The average molecular weight is 234 g/mol. The third kappa shape index (κ3) is 2.67. The Hall–Kier alpha value is -1.22. The van der Waals surface area contributed by atoms with Gasteiger partial charge in [-0.25, -0.2) is 0 Å². The Morgan fingerprint density at radius 3 is 2.62 bits per heavy atom. The highest BCUT2D eigenvalue weighted by molar-refractivity contribution is 7.89. The number of carbonyl (C=O) groups is 1. The molecule has 84 valence electrons. The van der Waals surface area contributed by atoms with Crippen molar-refractivity contribution in [2.45, 2.75) is 19.3 Å². The van der Waals surface area contributed by atoms with Gasteiger partial charge in [-0.15, -0.1) is 0 Å². The van der Waals surface area contributed by atoms with Crippen LogP contribution in [0.25, 0.3) is 0 Å². The minimum Gasteiger partial charge on any atom is -0.289 e. The van der Waals surface area contributed by atoms with Gasteiger partial charge in [0.25, 0.3) is 0 Å². The van der Waals surface area contributed by atoms with Gasteiger partial charge in [-0.2, -0.15) is 0 Å². The SMILES string of the molecule is O=C(/C=C1\CCCCS1=O)c1ccccc1. The number of benzene rings is 1. The van der Waals surface area contributed by atoms with E-state index in [1.165, 1.54) is 0 Å². The molecule has 0 spiro atoms. The molecule has 0 amide bonds. The summed E-state index contributed by atoms with van der Waals surface area (Å²) in [5, 5.41) is 0. The van der Waals surface area contributed by atoms with E-state index in [0.717, 1.165) is 24.2 Å². The first-order valence-corrected chi connectivity index (χ1v) is 6.77. The van der Waals surface area contributed by atoms with E-state index in [1.54, 1.807) is 18.2 Å². The molecule has 0 aromatic heterocycles. The van der Waals surface area contributed by atoms with Crippen LogP contribution < -0.4 is 0 Å². The number of ketones is 1. The number of carbonyl (C=O) groups excluding carboxylic acids is 1. The molecule has 0 radical (unpaired) electrons. The highest BCUT2D eigenvalue weighted by Gasteiger charge is 2.15. The van der Waals surface area contributed by atoms with Crippen molar-refractivity contribution in [3.8, 4) is 0 Å². The summed E-state index contributed by atoms with van der Waals surface area (Å²) in [6.07, 6.45) is 4.40. The highest BCUT2D eigenvalue weighted by atomic mass is 32.2. The fraction of sp³-hybridized carbons (Fsp3) is 0.308. The largest absolute Gasteiger partial charge is 0.289 e. The third-order valence-corrected chi connectivity index (χ3v) is 4.21. The van der Waals surface area contributed by atoms with Crippen molar-refractivity contribution in [1.82, 2.24) is 0 Å². The van der Waals surface area contributed by atoms with Crippen LogP contribution in [-0.2, 0) is 10.8 Å². The van der Waals surface area contributed by atoms with Gasteiger partial charge in [0.05, 0.1) is 0 Å². The molecule has 16 heavy (non-hydrogen) atoms. The van der Waals surface area contributed by atoms with E-state index in [9.17, 15) is 9.00 Å². The normalized spacial score (nSPS) is 23.2. The quantitative estimate of drug-likeness (QED) is 0.582. The molecular formula is C13H14O2S. The highest BCUT2D eigenvalue weighted by Crippen LogP contribution is 2.20. The van der Waals surface area contributed by atoms with Gasteiger partial charge in [-0.1, -0.05) is 30.3 Å². The lowest BCUT2D eigenvalue weighted by Gasteiger charge is -2.12. The molecule has 2 rings (SSSR count). The van der Waals surface area contributed by atoms with Crippen molar-refractivity contribution >= 4 is 16.6 Å². The molecule has 1 aliphatic rings. The zero-order chi connectivity index (χ0) is 11.4. The van der Waals surface area contributed by atoms with E-state index >= 15 is 0 Å². The topological polar surface area (TPSA) is 34.1 Å². The van der Waals surface area contributed by atoms with Gasteiger partial charge < -0.3 is 0 Å². The predicted octanol–water partition coefficient (Wildman–Crippen LogP) is 2.69. The van der Waals surface area contributed by atoms with Crippen LogP contribution in [0.2, 0.25) is 0 Å². The molecule has 1 aromatic rings. The minimum atomic E-state index is -0.932. The van der Waals surface area contributed by atoms with Gasteiger partial charge in [0, 0.05) is 27.0 Å². The molecule has 1 aromatic carbocycles. The minimum absolute atomic E-state index is 0.0362. The van der Waals surface area contributed by atoms with Crippen molar-refractivity contribution in [2.75, 3.05) is 5.75 Å². The van der Waals surface area contributed by atoms with Crippen molar-refractivity contribution in [3.05, 3.63) is 46.9 Å². The van der Waals surface area contributed by atoms with E-state index in [4.69, 9.17) is 0 Å². The zero-order valence-corrected chi connectivity index (χ0v) is 9.83. The van der Waals surface area contributed by atoms with E-state index in [-0.39, 0.29) is 5.78 Å². The maximum Gasteiger partial charge on any atom is 0.186 e. The molecular weight excluding hydrogens is 220 g/mol. The third-order valence-electron chi connectivity index (χ3n) is 2.65. The summed E-state index contributed by atoms with van der Waals surface area (Å²) in [6, 6.07) is 9.12. The maximum atomic E-state index is 11.8. The lowest BCUT2D eigenvalue weighted by atomic mass is 10.1. The maximum absolute atomic E-state index is 11.8. The van der Waals surface area contributed by atoms with E-state index in [1.807, 2.05) is 18.2 Å². The Kier molecular flexibility index (Phi) is 3.67. The Labute approximate surface area is 97.8 Å². The lowest BCUT2D eigenvalue weighted by Crippen LogP contribution is -2.09. The average Bonchev–Trinajstić information content (AvgIpc) is 2.33. The molecule has 0 N–H and O–H groups in total. The summed E-state index contributed by atoms with van der Waals surface area (Å²) in [5.74, 6) is 0.666. The van der Waals surface area contributed by atoms with Gasteiger partial charge in [-0.3, -0.25) is 9.00 Å². The fourth-order valence-electron chi connectivity index (χ4n) is 1.75. The molecule has 1 saturated heterocycles. The summed E-state index contributed by atoms with van der Waals surface area (Å²) >= 11 is 0. The fourth-order valence-corrected chi connectivity index (χ4v) is 3.09. The van der Waals surface area contributed by atoms with E-state index < -0.39 is 10.8 Å². The second-order valence-electron chi connectivity index (χ2n) is 3.85. The molecule has 1 atom stereocenters. The Morgan fingerprint density at radius 1 is 1.19 bits per heavy atom. The smallest absolute Gasteiger partial charge is 0.186 e. The molecule has 0 bridgehead atoms. The second-order valence-corrected chi connectivity index (χ2v) is 5.47. The van der Waals surface area contributed by atoms with Crippen LogP contribution in [0.5, 0.6) is 0 Å². The van der Waals surface area contributed by atoms with Crippen LogP contribution in [0, 0.1) is 0 Å². The molecule has 3 heteroatoms. The summed E-state index contributed by atoms with van der Waals surface area (Å²) in [6.45, 7) is 0. The summed E-state index contributed by atoms with van der Waals surface area (Å²) in [5.41, 5.74) is 0.664. The van der Waals surface area contributed by atoms with Crippen molar-refractivity contribution in [3.63, 3.8) is 0 Å². The van der Waals surface area contributed by atoms with Gasteiger partial charge in [0.15, 0.2) is 5.78 Å². The second kappa shape index (κ2) is 5.21. The van der Waals surface area contributed by atoms with Gasteiger partial charge in [-0.05, 0) is 25.3 Å². The molecule has 0 saturated carbocycles. The molecule has 0 aliphatic carbocycles. The Balaban J connectivity index is 2.17. The van der Waals surface area contributed by atoms with Gasteiger partial charge >= 0.3 is 0 Å². The first-order chi connectivity index (χ1) is 7.77. The van der Waals surface area contributed by atoms with Crippen molar-refractivity contribution < 1.29 is 9.00 Å². The first-order valence-electron chi connectivity index (χ1n) is 5.46. The lowest BCUT2D eigenvalue weighted by molar-refractivity contribution is 0.104. The molecule has 2 nitrogen and oxygen atoms in total. The van der Waals surface area contributed by atoms with Crippen LogP contribution in [0.15, 0.2) is 41.3 Å². The number of hydrogen-bond acceptors (Lipinski definition) is 2. The number of hydrogen-bond donors (Lipinski definition) is 0. The standard InChI is InChI=1S/C13H14O2S/c14-13(11-6-2-1-3-7-11)10-12-8-4-5-9-16(12)15/h1-3,6-7,10H,4-5,8-9H2/b12-10+. The number of allylic oxidation sites excluding steroid dienone is 2. The summed E-state index contributed by atoms with van der Waals surface area (Å²) < 4.78 is 11.7. The predicted molar refractivity (Wildman–Crippen MR) is 65.7 cm³/mol.